The average molecular weight is 430 g/mol. The van der Waals surface area contributed by atoms with E-state index in [0.717, 1.165) is 7.11 Å². The Kier molecular flexibility index (Phi) is 7.36. The van der Waals surface area contributed by atoms with Gasteiger partial charge < -0.3 is 48.7 Å². The van der Waals surface area contributed by atoms with E-state index in [1.807, 2.05) is 0 Å². The molecule has 0 aliphatic carbocycles. The van der Waals surface area contributed by atoms with Crippen molar-refractivity contribution in [2.24, 2.45) is 5.92 Å². The number of aliphatic hydroxyl groups excluding tert-OH is 3. The Morgan fingerprint density at radius 1 is 1.00 bits per heavy atom. The summed E-state index contributed by atoms with van der Waals surface area (Å²) in [5.41, 5.74) is 0. The van der Waals surface area contributed by atoms with Crippen molar-refractivity contribution in [3.63, 3.8) is 0 Å². The third kappa shape index (κ3) is 4.96. The highest BCUT2D eigenvalue weighted by atomic mass is 32.3. The number of carbonyl (C=O) groups excluding carboxylic acids is 1. The lowest BCUT2D eigenvalue weighted by molar-refractivity contribution is -0.363. The summed E-state index contributed by atoms with van der Waals surface area (Å²) < 4.78 is 58.2. The van der Waals surface area contributed by atoms with E-state index in [2.05, 4.69) is 4.18 Å². The zero-order valence-electron chi connectivity index (χ0n) is 15.1. The number of hydrogen-bond donors (Lipinski definition) is 3. The number of hydrogen-bond acceptors (Lipinski definition) is 13. The number of carboxylic acid groups (broad SMARTS) is 1. The summed E-state index contributed by atoms with van der Waals surface area (Å²) in [7, 11) is -4.15. The van der Waals surface area contributed by atoms with Gasteiger partial charge in [-0.1, -0.05) is 6.92 Å². The molecule has 3 N–H and O–H groups in total. The van der Waals surface area contributed by atoms with Crippen molar-refractivity contribution in [3.8, 4) is 0 Å². The summed E-state index contributed by atoms with van der Waals surface area (Å²) in [6, 6.07) is 0. The fraction of sp³-hybridized carbons (Fsp3) is 0.929. The maximum Gasteiger partial charge on any atom is 0.218 e. The Morgan fingerprint density at radius 3 is 2.11 bits per heavy atom. The van der Waals surface area contributed by atoms with Gasteiger partial charge >= 0.3 is 0 Å². The summed E-state index contributed by atoms with van der Waals surface area (Å²) in [5.74, 6) is -2.72. The number of ether oxygens (including phenoxy) is 4. The fourth-order valence-corrected chi connectivity index (χ4v) is 3.65. The van der Waals surface area contributed by atoms with Crippen molar-refractivity contribution < 1.29 is 61.3 Å². The molecule has 2 heterocycles. The minimum atomic E-state index is -5.30. The van der Waals surface area contributed by atoms with Crippen LogP contribution >= 0.6 is 0 Å². The van der Waals surface area contributed by atoms with Gasteiger partial charge in [0.1, 0.15) is 30.5 Å². The minimum absolute atomic E-state index is 1.04. The molecule has 0 aromatic rings. The lowest BCUT2D eigenvalue weighted by Crippen LogP contribution is -2.64. The topological polar surface area (TPSA) is 204 Å². The third-order valence-corrected chi connectivity index (χ3v) is 5.12. The summed E-state index contributed by atoms with van der Waals surface area (Å²) >= 11 is 0. The normalized spacial score (nSPS) is 45.0. The van der Waals surface area contributed by atoms with Gasteiger partial charge in [0.25, 0.3) is 0 Å². The predicted octanol–water partition coefficient (Wildman–Crippen LogP) is -4.20. The fourth-order valence-electron chi connectivity index (χ4n) is 3.15. The lowest BCUT2D eigenvalue weighted by Gasteiger charge is -2.47. The van der Waals surface area contributed by atoms with Crippen molar-refractivity contribution >= 4 is 16.4 Å². The van der Waals surface area contributed by atoms with E-state index in [-0.39, 0.29) is 0 Å². The van der Waals surface area contributed by atoms with E-state index in [4.69, 9.17) is 18.9 Å². The molecule has 0 saturated carbocycles. The van der Waals surface area contributed by atoms with Gasteiger partial charge in [-0.25, -0.2) is 8.42 Å². The maximum absolute atomic E-state index is 11.2. The molecule has 13 nitrogen and oxygen atoms in total. The van der Waals surface area contributed by atoms with Crippen LogP contribution in [0.15, 0.2) is 0 Å². The van der Waals surface area contributed by atoms with E-state index in [1.54, 1.807) is 0 Å². The van der Waals surface area contributed by atoms with Gasteiger partial charge in [0, 0.05) is 13.0 Å². The summed E-state index contributed by atoms with van der Waals surface area (Å²) in [5, 5.41) is 41.6. The Balaban J connectivity index is 2.27. The molecule has 0 radical (unpaired) electrons. The first-order valence-electron chi connectivity index (χ1n) is 8.25. The number of carbonyl (C=O) groups is 1. The molecule has 28 heavy (non-hydrogen) atoms. The van der Waals surface area contributed by atoms with Crippen LogP contribution in [-0.4, -0.2) is 96.7 Å². The summed E-state index contributed by atoms with van der Waals surface area (Å²) in [6.07, 6.45) is -14.3. The van der Waals surface area contributed by atoms with E-state index in [0.29, 0.717) is 0 Å². The van der Waals surface area contributed by atoms with Crippen LogP contribution < -0.4 is 5.11 Å². The highest BCUT2D eigenvalue weighted by Gasteiger charge is 2.51. The van der Waals surface area contributed by atoms with Gasteiger partial charge in [-0.3, -0.25) is 4.18 Å². The van der Waals surface area contributed by atoms with Crippen LogP contribution in [0.2, 0.25) is 0 Å². The van der Waals surface area contributed by atoms with Crippen LogP contribution in [0.4, 0.5) is 0 Å². The molecule has 0 spiro atoms. The second-order valence-electron chi connectivity index (χ2n) is 6.59. The molecule has 164 valence electrons. The minimum Gasteiger partial charge on any atom is -0.726 e. The summed E-state index contributed by atoms with van der Waals surface area (Å²) in [6.45, 7) is 2.67. The summed E-state index contributed by atoms with van der Waals surface area (Å²) in [4.78, 5) is 11.2. The predicted molar refractivity (Wildman–Crippen MR) is 81.6 cm³/mol. The largest absolute Gasteiger partial charge is 0.726 e. The number of carboxylic acids is 1. The molecular weight excluding hydrogens is 408 g/mol. The van der Waals surface area contributed by atoms with Crippen molar-refractivity contribution in [1.82, 2.24) is 0 Å². The van der Waals surface area contributed by atoms with Crippen LogP contribution in [0, 0.1) is 5.92 Å². The van der Waals surface area contributed by atoms with Crippen LogP contribution in [0.3, 0.4) is 0 Å². The molecular formula is C14H22O13S-2. The van der Waals surface area contributed by atoms with E-state index in [9.17, 15) is 38.2 Å². The van der Waals surface area contributed by atoms with Crippen molar-refractivity contribution in [1.29, 1.82) is 0 Å². The van der Waals surface area contributed by atoms with Crippen molar-refractivity contribution in [2.45, 2.75) is 69.2 Å². The number of aliphatic carboxylic acids is 1. The van der Waals surface area contributed by atoms with Crippen LogP contribution in [0.5, 0.6) is 0 Å². The highest BCUT2D eigenvalue weighted by Crippen LogP contribution is 2.32. The van der Waals surface area contributed by atoms with Gasteiger partial charge in [0.2, 0.25) is 10.4 Å². The first-order chi connectivity index (χ1) is 12.9. The number of methoxy groups -OCH3 is 1. The molecule has 0 amide bonds. The average Bonchev–Trinajstić information content (AvgIpc) is 2.59. The van der Waals surface area contributed by atoms with E-state index >= 15 is 0 Å². The molecule has 0 aromatic carbocycles. The SMILES string of the molecule is COC1OC(C)[C@H](O[C@@H]2OC(C(=O)[O-])[C@@H](C)[C@@H](O)[C@@H]2O)[C@@H](OS(=O)(=O)[O-])[C@@H]1O. The number of rotatable bonds is 6. The zero-order chi connectivity index (χ0) is 21.4. The van der Waals surface area contributed by atoms with Gasteiger partial charge in [0.15, 0.2) is 12.6 Å². The Morgan fingerprint density at radius 2 is 1.61 bits per heavy atom. The molecule has 0 aromatic heterocycles. The van der Waals surface area contributed by atoms with E-state index < -0.39 is 77.6 Å². The lowest BCUT2D eigenvalue weighted by atomic mass is 9.90. The molecule has 3 unspecified atom stereocenters. The van der Waals surface area contributed by atoms with Crippen molar-refractivity contribution in [2.75, 3.05) is 7.11 Å². The van der Waals surface area contributed by atoms with Crippen LogP contribution in [-0.2, 0) is 38.3 Å². The molecule has 2 saturated heterocycles. The van der Waals surface area contributed by atoms with Gasteiger partial charge in [0.05, 0.1) is 18.2 Å². The maximum atomic E-state index is 11.2. The Labute approximate surface area is 160 Å². The third-order valence-electron chi connectivity index (χ3n) is 4.66. The second kappa shape index (κ2) is 8.83. The smallest absolute Gasteiger partial charge is 0.218 e. The number of aliphatic hydroxyl groups is 3. The molecule has 14 heteroatoms. The standard InChI is InChI=1S/C14H24O13S/c1-4-6(15)7(16)14(25-9(4)12(18)19)26-10-5(2)24-13(23-3)8(17)11(10)27-28(20,21)22/h4-11,13-17H,1-3H3,(H,18,19)(H,20,21,22)/p-2/t4-,5?,6+,7-,8-,9?,10-,11-,13?,14-/m0/s1. The Bertz CT molecular complexity index is 654. The molecule has 10 atom stereocenters. The molecule has 2 aliphatic rings. The highest BCUT2D eigenvalue weighted by molar-refractivity contribution is 7.80. The molecule has 2 rings (SSSR count). The van der Waals surface area contributed by atoms with Crippen LogP contribution in [0.1, 0.15) is 13.8 Å². The first kappa shape index (κ1) is 23.3. The second-order valence-corrected chi connectivity index (χ2v) is 7.60. The zero-order valence-corrected chi connectivity index (χ0v) is 15.9. The molecule has 2 fully saturated rings. The van der Waals surface area contributed by atoms with Crippen molar-refractivity contribution in [3.05, 3.63) is 0 Å². The van der Waals surface area contributed by atoms with Gasteiger partial charge in [-0.2, -0.15) is 0 Å². The quantitative estimate of drug-likeness (QED) is 0.270. The van der Waals surface area contributed by atoms with Gasteiger partial charge in [-0.05, 0) is 6.92 Å². The van der Waals surface area contributed by atoms with E-state index in [1.165, 1.54) is 13.8 Å². The molecule has 2 aliphatic heterocycles. The monoisotopic (exact) mass is 430 g/mol. The molecule has 0 bridgehead atoms. The van der Waals surface area contributed by atoms with Crippen LogP contribution in [0.25, 0.3) is 0 Å². The first-order valence-corrected chi connectivity index (χ1v) is 9.59. The Hall–Kier alpha value is -0.940. The van der Waals surface area contributed by atoms with Gasteiger partial charge in [-0.15, -0.1) is 0 Å².